The molecule has 146 valence electrons. The Kier molecular flexibility index (Phi) is 5.65. The molecule has 27 heavy (non-hydrogen) atoms. The number of amides is 2. The van der Waals surface area contributed by atoms with Gasteiger partial charge in [0.25, 0.3) is 5.91 Å². The molecule has 1 atom stereocenters. The lowest BCUT2D eigenvalue weighted by atomic mass is 9.96. The average Bonchev–Trinajstić information content (AvgIpc) is 3.35. The molecule has 3 aliphatic rings. The first-order chi connectivity index (χ1) is 13.2. The molecule has 3 fully saturated rings. The normalized spacial score (nSPS) is 23.3. The van der Waals surface area contributed by atoms with Gasteiger partial charge in [0, 0.05) is 36.5 Å². The first-order valence-electron chi connectivity index (χ1n) is 10.5. The molecule has 0 radical (unpaired) electrons. The first-order valence-corrected chi connectivity index (χ1v) is 10.5. The predicted molar refractivity (Wildman–Crippen MR) is 104 cm³/mol. The maximum Gasteiger partial charge on any atom is 0.251 e. The Hall–Kier alpha value is -2.04. The summed E-state index contributed by atoms with van der Waals surface area (Å²) >= 11 is 0. The maximum absolute atomic E-state index is 12.6. The number of carbonyl (C=O) groups excluding carboxylic acids is 2. The van der Waals surface area contributed by atoms with Crippen LogP contribution in [0.2, 0.25) is 0 Å². The third kappa shape index (κ3) is 4.82. The van der Waals surface area contributed by atoms with Crippen molar-refractivity contribution in [3.8, 4) is 5.75 Å². The van der Waals surface area contributed by atoms with Crippen LogP contribution in [0.25, 0.3) is 0 Å². The summed E-state index contributed by atoms with van der Waals surface area (Å²) in [5.74, 6) is 1.80. The van der Waals surface area contributed by atoms with Crippen molar-refractivity contribution in [3.63, 3.8) is 0 Å². The zero-order valence-electron chi connectivity index (χ0n) is 16.0. The van der Waals surface area contributed by atoms with Crippen LogP contribution in [0.5, 0.6) is 5.75 Å². The minimum absolute atomic E-state index is 0.00241. The second kappa shape index (κ2) is 8.32. The second-order valence-electron chi connectivity index (χ2n) is 8.36. The third-order valence-corrected chi connectivity index (χ3v) is 6.05. The highest BCUT2D eigenvalue weighted by Gasteiger charge is 2.30. The SMILES string of the molecule is O=C(NC1CC1)c1ccc(OC[C@H]2CCCN(C(=O)C3CCCC3)C2)cc1. The van der Waals surface area contributed by atoms with E-state index in [1.165, 1.54) is 12.8 Å². The quantitative estimate of drug-likeness (QED) is 0.835. The largest absolute Gasteiger partial charge is 0.493 e. The van der Waals surface area contributed by atoms with Gasteiger partial charge in [-0.05, 0) is 62.8 Å². The fourth-order valence-electron chi connectivity index (χ4n) is 4.25. The topological polar surface area (TPSA) is 58.6 Å². The Morgan fingerprint density at radius 2 is 1.74 bits per heavy atom. The van der Waals surface area contributed by atoms with Crippen molar-refractivity contribution in [2.45, 2.75) is 57.4 Å². The Labute approximate surface area is 161 Å². The van der Waals surface area contributed by atoms with E-state index in [0.717, 1.165) is 57.4 Å². The van der Waals surface area contributed by atoms with E-state index in [1.54, 1.807) is 0 Å². The van der Waals surface area contributed by atoms with Gasteiger partial charge in [0.2, 0.25) is 5.91 Å². The fourth-order valence-corrected chi connectivity index (χ4v) is 4.25. The number of rotatable bonds is 6. The highest BCUT2D eigenvalue weighted by Crippen LogP contribution is 2.29. The zero-order valence-corrected chi connectivity index (χ0v) is 16.0. The fraction of sp³-hybridized carbons (Fsp3) is 0.636. The molecule has 1 aromatic carbocycles. The van der Waals surface area contributed by atoms with E-state index in [9.17, 15) is 9.59 Å². The van der Waals surface area contributed by atoms with Crippen molar-refractivity contribution in [1.29, 1.82) is 0 Å². The smallest absolute Gasteiger partial charge is 0.251 e. The van der Waals surface area contributed by atoms with Gasteiger partial charge in [-0.15, -0.1) is 0 Å². The van der Waals surface area contributed by atoms with Gasteiger partial charge >= 0.3 is 0 Å². The minimum Gasteiger partial charge on any atom is -0.493 e. The number of carbonyl (C=O) groups is 2. The number of ether oxygens (including phenoxy) is 1. The summed E-state index contributed by atoms with van der Waals surface area (Å²) < 4.78 is 5.96. The van der Waals surface area contributed by atoms with E-state index < -0.39 is 0 Å². The highest BCUT2D eigenvalue weighted by atomic mass is 16.5. The van der Waals surface area contributed by atoms with Crippen molar-refractivity contribution in [2.24, 2.45) is 11.8 Å². The number of hydrogen-bond donors (Lipinski definition) is 1. The Morgan fingerprint density at radius 3 is 2.44 bits per heavy atom. The van der Waals surface area contributed by atoms with Crippen molar-refractivity contribution < 1.29 is 14.3 Å². The van der Waals surface area contributed by atoms with Gasteiger partial charge < -0.3 is 15.0 Å². The van der Waals surface area contributed by atoms with Crippen LogP contribution >= 0.6 is 0 Å². The van der Waals surface area contributed by atoms with E-state index in [-0.39, 0.29) is 11.8 Å². The monoisotopic (exact) mass is 370 g/mol. The molecule has 5 nitrogen and oxygen atoms in total. The van der Waals surface area contributed by atoms with E-state index in [1.807, 2.05) is 24.3 Å². The summed E-state index contributed by atoms with van der Waals surface area (Å²) in [6, 6.07) is 7.75. The predicted octanol–water partition coefficient (Wildman–Crippen LogP) is 3.39. The van der Waals surface area contributed by atoms with Gasteiger partial charge in [-0.1, -0.05) is 12.8 Å². The van der Waals surface area contributed by atoms with E-state index in [0.29, 0.717) is 30.0 Å². The number of likely N-dealkylation sites (tertiary alicyclic amines) is 1. The lowest BCUT2D eigenvalue weighted by Crippen LogP contribution is -2.43. The molecule has 1 saturated heterocycles. The second-order valence-corrected chi connectivity index (χ2v) is 8.36. The van der Waals surface area contributed by atoms with E-state index >= 15 is 0 Å². The molecule has 1 aromatic rings. The van der Waals surface area contributed by atoms with E-state index in [2.05, 4.69) is 10.2 Å². The molecular weight excluding hydrogens is 340 g/mol. The molecule has 0 bridgehead atoms. The van der Waals surface area contributed by atoms with Crippen LogP contribution in [0.4, 0.5) is 0 Å². The molecule has 2 aliphatic carbocycles. The number of piperidine rings is 1. The van der Waals surface area contributed by atoms with Gasteiger partial charge in [0.1, 0.15) is 5.75 Å². The number of nitrogens with one attached hydrogen (secondary N) is 1. The summed E-state index contributed by atoms with van der Waals surface area (Å²) in [5, 5.41) is 2.99. The Morgan fingerprint density at radius 1 is 1.00 bits per heavy atom. The molecule has 0 unspecified atom stereocenters. The van der Waals surface area contributed by atoms with Crippen molar-refractivity contribution >= 4 is 11.8 Å². The summed E-state index contributed by atoms with van der Waals surface area (Å²) in [4.78, 5) is 26.7. The van der Waals surface area contributed by atoms with Gasteiger partial charge in [0.15, 0.2) is 0 Å². The van der Waals surface area contributed by atoms with Crippen LogP contribution in [0.15, 0.2) is 24.3 Å². The van der Waals surface area contributed by atoms with Crippen molar-refractivity contribution in [1.82, 2.24) is 10.2 Å². The number of nitrogens with zero attached hydrogens (tertiary/aromatic N) is 1. The maximum atomic E-state index is 12.6. The van der Waals surface area contributed by atoms with Crippen molar-refractivity contribution in [3.05, 3.63) is 29.8 Å². The molecule has 1 heterocycles. The molecular formula is C22H30N2O3. The van der Waals surface area contributed by atoms with Gasteiger partial charge in [-0.2, -0.15) is 0 Å². The summed E-state index contributed by atoms with van der Waals surface area (Å²) in [5.41, 5.74) is 0.681. The average molecular weight is 370 g/mol. The van der Waals surface area contributed by atoms with Crippen LogP contribution in [-0.4, -0.2) is 42.5 Å². The van der Waals surface area contributed by atoms with E-state index in [4.69, 9.17) is 4.74 Å². The number of hydrogen-bond acceptors (Lipinski definition) is 3. The van der Waals surface area contributed by atoms with Crippen LogP contribution < -0.4 is 10.1 Å². The lowest BCUT2D eigenvalue weighted by molar-refractivity contribution is -0.137. The van der Waals surface area contributed by atoms with Crippen LogP contribution in [0.1, 0.15) is 61.7 Å². The molecule has 0 aromatic heterocycles. The summed E-state index contributed by atoms with van der Waals surface area (Å²) in [6.07, 6.45) is 8.89. The Balaban J connectivity index is 1.25. The highest BCUT2D eigenvalue weighted by molar-refractivity contribution is 5.94. The van der Waals surface area contributed by atoms with Crippen LogP contribution in [0.3, 0.4) is 0 Å². The molecule has 0 spiro atoms. The number of benzene rings is 1. The van der Waals surface area contributed by atoms with Gasteiger partial charge in [-0.3, -0.25) is 9.59 Å². The van der Waals surface area contributed by atoms with Crippen molar-refractivity contribution in [2.75, 3.05) is 19.7 Å². The zero-order chi connectivity index (χ0) is 18.6. The molecule has 2 amide bonds. The third-order valence-electron chi connectivity index (χ3n) is 6.05. The van der Waals surface area contributed by atoms with Crippen LogP contribution in [0, 0.1) is 11.8 Å². The lowest BCUT2D eigenvalue weighted by Gasteiger charge is -2.34. The first kappa shape index (κ1) is 18.3. The molecule has 1 aliphatic heterocycles. The van der Waals surface area contributed by atoms with Gasteiger partial charge in [0.05, 0.1) is 6.61 Å². The Bertz CT molecular complexity index is 663. The van der Waals surface area contributed by atoms with Crippen LogP contribution in [-0.2, 0) is 4.79 Å². The minimum atomic E-state index is -0.00241. The molecule has 2 saturated carbocycles. The molecule has 5 heteroatoms. The molecule has 4 rings (SSSR count). The van der Waals surface area contributed by atoms with Gasteiger partial charge in [-0.25, -0.2) is 0 Å². The summed E-state index contributed by atoms with van der Waals surface area (Å²) in [6.45, 7) is 2.34. The standard InChI is InChI=1S/C22H30N2O3/c25-21(23-19-9-10-19)17-7-11-20(12-8-17)27-15-16-4-3-13-24(14-16)22(26)18-5-1-2-6-18/h7-8,11-12,16,18-19H,1-6,9-10,13-15H2,(H,23,25)/t16-/m0/s1. The summed E-state index contributed by atoms with van der Waals surface area (Å²) in [7, 11) is 0. The molecule has 1 N–H and O–H groups in total.